The van der Waals surface area contributed by atoms with Gasteiger partial charge in [0.15, 0.2) is 0 Å². The Morgan fingerprint density at radius 2 is 1.75 bits per heavy atom. The minimum absolute atomic E-state index is 0.254. The van der Waals surface area contributed by atoms with Crippen molar-refractivity contribution in [2.45, 2.75) is 24.8 Å². The fourth-order valence-corrected chi connectivity index (χ4v) is 4.12. The molecule has 32 heavy (non-hydrogen) atoms. The summed E-state index contributed by atoms with van der Waals surface area (Å²) < 4.78 is 1.58. The van der Waals surface area contributed by atoms with E-state index in [0.29, 0.717) is 45.4 Å². The van der Waals surface area contributed by atoms with Gasteiger partial charge in [0, 0.05) is 12.1 Å². The molecule has 0 radical (unpaired) electrons. The maximum absolute atomic E-state index is 14.0. The van der Waals surface area contributed by atoms with Gasteiger partial charge in [0.25, 0.3) is 5.56 Å². The van der Waals surface area contributed by atoms with Crippen molar-refractivity contribution in [2.75, 3.05) is 18.1 Å². The van der Waals surface area contributed by atoms with E-state index in [4.69, 9.17) is 9.97 Å². The molecular formula is C25H23N5OS. The molecule has 0 unspecified atom stereocenters. The second kappa shape index (κ2) is 9.67. The zero-order valence-corrected chi connectivity index (χ0v) is 18.8. The second-order valence-electron chi connectivity index (χ2n) is 7.24. The number of nitriles is 1. The van der Waals surface area contributed by atoms with Gasteiger partial charge < -0.3 is 5.32 Å². The molecule has 2 heterocycles. The van der Waals surface area contributed by atoms with Crippen LogP contribution in [0, 0.1) is 11.3 Å². The predicted molar refractivity (Wildman–Crippen MR) is 130 cm³/mol. The first kappa shape index (κ1) is 21.6. The molecule has 4 aromatic rings. The molecule has 6 nitrogen and oxygen atoms in total. The molecule has 0 saturated carbocycles. The zero-order chi connectivity index (χ0) is 22.5. The van der Waals surface area contributed by atoms with E-state index in [1.807, 2.05) is 66.9 Å². The van der Waals surface area contributed by atoms with Crippen molar-refractivity contribution in [1.29, 1.82) is 5.26 Å². The third-order valence-corrected chi connectivity index (χ3v) is 5.85. The van der Waals surface area contributed by atoms with E-state index in [0.717, 1.165) is 18.4 Å². The molecule has 2 aromatic carbocycles. The first-order valence-electron chi connectivity index (χ1n) is 10.5. The van der Waals surface area contributed by atoms with Crippen LogP contribution in [0.1, 0.15) is 25.3 Å². The molecule has 0 bridgehead atoms. The highest BCUT2D eigenvalue weighted by Crippen LogP contribution is 2.32. The van der Waals surface area contributed by atoms with Gasteiger partial charge in [-0.05, 0) is 24.8 Å². The van der Waals surface area contributed by atoms with Crippen molar-refractivity contribution in [2.24, 2.45) is 0 Å². The smallest absolute Gasteiger partial charge is 0.269 e. The molecule has 7 heteroatoms. The van der Waals surface area contributed by atoms with Crippen molar-refractivity contribution < 1.29 is 0 Å². The van der Waals surface area contributed by atoms with Crippen LogP contribution >= 0.6 is 11.8 Å². The molecule has 0 aliphatic rings. The minimum atomic E-state index is -0.254. The van der Waals surface area contributed by atoms with Crippen molar-refractivity contribution >= 4 is 28.6 Å². The Bertz CT molecular complexity index is 1340. The topological polar surface area (TPSA) is 83.6 Å². The summed E-state index contributed by atoms with van der Waals surface area (Å²) >= 11 is 1.37. The summed E-state index contributed by atoms with van der Waals surface area (Å²) in [5, 5.41) is 14.1. The molecule has 0 amide bonds. The number of anilines is 1. The van der Waals surface area contributed by atoms with E-state index < -0.39 is 0 Å². The van der Waals surface area contributed by atoms with Crippen LogP contribution in [-0.2, 0) is 0 Å². The number of rotatable bonds is 7. The summed E-state index contributed by atoms with van der Waals surface area (Å²) in [5.41, 5.74) is 2.49. The Labute approximate surface area is 191 Å². The van der Waals surface area contributed by atoms with Crippen molar-refractivity contribution in [3.63, 3.8) is 0 Å². The number of fused-ring (bicyclic) bond motifs is 1. The predicted octanol–water partition coefficient (Wildman–Crippen LogP) is 5.25. The van der Waals surface area contributed by atoms with Crippen LogP contribution in [0.2, 0.25) is 0 Å². The number of hydrogen-bond acceptors (Lipinski definition) is 6. The van der Waals surface area contributed by atoms with Gasteiger partial charge in [-0.2, -0.15) is 5.26 Å². The average Bonchev–Trinajstić information content (AvgIpc) is 2.84. The standard InChI is InChI=1S/C25H23N5OS/c1-3-4-15-27-25-29-22-19(16-26)23(32-2)28-21(17-11-7-5-8-12-17)20(22)24(31)30(25)18-13-9-6-10-14-18/h5-14H,3-4,15H2,1-2H3,(H,27,29). The van der Waals surface area contributed by atoms with Gasteiger partial charge in [0.1, 0.15) is 22.2 Å². The largest absolute Gasteiger partial charge is 0.355 e. The van der Waals surface area contributed by atoms with Gasteiger partial charge in [-0.3, -0.25) is 4.79 Å². The first-order chi connectivity index (χ1) is 15.7. The highest BCUT2D eigenvalue weighted by molar-refractivity contribution is 7.98. The van der Waals surface area contributed by atoms with E-state index in [1.165, 1.54) is 11.8 Å². The van der Waals surface area contributed by atoms with Gasteiger partial charge in [-0.15, -0.1) is 11.8 Å². The summed E-state index contributed by atoms with van der Waals surface area (Å²) in [5.74, 6) is 0.427. The van der Waals surface area contributed by atoms with E-state index in [2.05, 4.69) is 18.3 Å². The molecule has 4 rings (SSSR count). The first-order valence-corrected chi connectivity index (χ1v) is 11.7. The Morgan fingerprint density at radius 3 is 2.38 bits per heavy atom. The average molecular weight is 442 g/mol. The monoisotopic (exact) mass is 441 g/mol. The quantitative estimate of drug-likeness (QED) is 0.311. The molecule has 0 aliphatic carbocycles. The number of pyridine rings is 1. The highest BCUT2D eigenvalue weighted by Gasteiger charge is 2.22. The minimum Gasteiger partial charge on any atom is -0.355 e. The van der Waals surface area contributed by atoms with Gasteiger partial charge in [0.2, 0.25) is 5.95 Å². The zero-order valence-electron chi connectivity index (χ0n) is 18.0. The number of nitrogens with zero attached hydrogens (tertiary/aromatic N) is 4. The Morgan fingerprint density at radius 1 is 1.06 bits per heavy atom. The Hall–Kier alpha value is -3.63. The molecule has 0 fully saturated rings. The number of unbranched alkanes of at least 4 members (excludes halogenated alkanes) is 1. The van der Waals surface area contributed by atoms with Crippen molar-refractivity contribution in [1.82, 2.24) is 14.5 Å². The third kappa shape index (κ3) is 3.97. The van der Waals surface area contributed by atoms with Crippen LogP contribution < -0.4 is 10.9 Å². The highest BCUT2D eigenvalue weighted by atomic mass is 32.2. The van der Waals surface area contributed by atoms with Crippen LogP contribution in [0.3, 0.4) is 0 Å². The van der Waals surface area contributed by atoms with Crippen LogP contribution in [-0.4, -0.2) is 27.3 Å². The van der Waals surface area contributed by atoms with Crippen LogP contribution in [0.4, 0.5) is 5.95 Å². The van der Waals surface area contributed by atoms with Crippen LogP contribution in [0.25, 0.3) is 27.8 Å². The third-order valence-electron chi connectivity index (χ3n) is 5.16. The summed E-state index contributed by atoms with van der Waals surface area (Å²) in [6.45, 7) is 2.78. The van der Waals surface area contributed by atoms with Crippen molar-refractivity contribution in [3.05, 3.63) is 76.6 Å². The number of nitrogens with one attached hydrogen (secondary N) is 1. The van der Waals surface area contributed by atoms with Gasteiger partial charge in [-0.25, -0.2) is 14.5 Å². The van der Waals surface area contributed by atoms with Crippen LogP contribution in [0.15, 0.2) is 70.5 Å². The molecular weight excluding hydrogens is 418 g/mol. The number of hydrogen-bond donors (Lipinski definition) is 1. The molecule has 0 aliphatic heterocycles. The number of aromatic nitrogens is 3. The fraction of sp³-hybridized carbons (Fsp3) is 0.200. The Kier molecular flexibility index (Phi) is 6.52. The molecule has 1 N–H and O–H groups in total. The normalized spacial score (nSPS) is 10.8. The maximum Gasteiger partial charge on any atom is 0.269 e. The fourth-order valence-electron chi connectivity index (χ4n) is 3.60. The van der Waals surface area contributed by atoms with Crippen LogP contribution in [0.5, 0.6) is 0 Å². The lowest BCUT2D eigenvalue weighted by Gasteiger charge is -2.17. The SMILES string of the molecule is CCCCNc1nc2c(C#N)c(SC)nc(-c3ccccc3)c2c(=O)n1-c1ccccc1. The molecule has 0 atom stereocenters. The number of benzene rings is 2. The van der Waals surface area contributed by atoms with E-state index in [1.54, 1.807) is 4.57 Å². The van der Waals surface area contributed by atoms with Gasteiger partial charge >= 0.3 is 0 Å². The molecule has 160 valence electrons. The molecule has 2 aromatic heterocycles. The van der Waals surface area contributed by atoms with Gasteiger partial charge in [-0.1, -0.05) is 61.9 Å². The number of para-hydroxylation sites is 1. The maximum atomic E-state index is 14.0. The second-order valence-corrected chi connectivity index (χ2v) is 8.03. The number of thioether (sulfide) groups is 1. The lowest BCUT2D eigenvalue weighted by atomic mass is 10.1. The molecule has 0 saturated heterocycles. The Balaban J connectivity index is 2.13. The lowest BCUT2D eigenvalue weighted by Crippen LogP contribution is -2.25. The summed E-state index contributed by atoms with van der Waals surface area (Å²) in [6.07, 6.45) is 3.82. The van der Waals surface area contributed by atoms with Crippen molar-refractivity contribution in [3.8, 4) is 23.0 Å². The summed E-state index contributed by atoms with van der Waals surface area (Å²) in [6, 6.07) is 21.2. The van der Waals surface area contributed by atoms with Gasteiger partial charge in [0.05, 0.1) is 16.8 Å². The molecule has 0 spiro atoms. The van der Waals surface area contributed by atoms with E-state index >= 15 is 0 Å². The summed E-state index contributed by atoms with van der Waals surface area (Å²) in [7, 11) is 0. The lowest BCUT2D eigenvalue weighted by molar-refractivity contribution is 0.816. The van der Waals surface area contributed by atoms with E-state index in [-0.39, 0.29) is 5.56 Å². The van der Waals surface area contributed by atoms with E-state index in [9.17, 15) is 10.1 Å². The summed E-state index contributed by atoms with van der Waals surface area (Å²) in [4.78, 5) is 23.5.